The molecule has 5 nitrogen and oxygen atoms in total. The second-order valence-electron chi connectivity index (χ2n) is 4.30. The molecule has 0 radical (unpaired) electrons. The number of thiophene rings is 1. The molecule has 2 heterocycles. The molecule has 2 rings (SSSR count). The summed E-state index contributed by atoms with van der Waals surface area (Å²) in [5.41, 5.74) is 0.328. The third-order valence-electron chi connectivity index (χ3n) is 3.44. The topological polar surface area (TPSA) is 83.6 Å². The molecule has 0 spiro atoms. The Morgan fingerprint density at radius 3 is 2.58 bits per heavy atom. The van der Waals surface area contributed by atoms with Crippen molar-refractivity contribution in [3.8, 4) is 10.8 Å². The number of nitrogens with zero attached hydrogens (tertiary/aromatic N) is 1. The summed E-state index contributed by atoms with van der Waals surface area (Å²) in [4.78, 5) is 24.4. The maximum Gasteiger partial charge on any atom is 0.337 e. The zero-order valence-corrected chi connectivity index (χ0v) is 12.4. The highest BCUT2D eigenvalue weighted by Gasteiger charge is 2.47. The van der Waals surface area contributed by atoms with E-state index in [1.165, 1.54) is 17.6 Å². The van der Waals surface area contributed by atoms with E-state index in [-0.39, 0.29) is 0 Å². The molecule has 0 fully saturated rings. The van der Waals surface area contributed by atoms with Gasteiger partial charge in [0.15, 0.2) is 0 Å². The number of hydrogen-bond donors (Lipinski definition) is 2. The number of rotatable bonds is 5. The summed E-state index contributed by atoms with van der Waals surface area (Å²) in [7, 11) is -4.31. The van der Waals surface area contributed by atoms with Crippen molar-refractivity contribution in [3.05, 3.63) is 29.5 Å². The molecule has 0 unspecified atom stereocenters. The summed E-state index contributed by atoms with van der Waals surface area (Å²) in [6.45, 7) is 3.50. The van der Waals surface area contributed by atoms with Crippen molar-refractivity contribution in [2.75, 3.05) is 0 Å². The maximum absolute atomic E-state index is 11.8. The number of aromatic nitrogens is 1. The van der Waals surface area contributed by atoms with Crippen molar-refractivity contribution in [2.24, 2.45) is 0 Å². The standard InChI is InChI=1S/C12H16NO4PS/c1-3-12(4-2,18(14,15)16)10-8-17-11(13-10)9-6-5-7-19-9/h5-8H,3-4H2,1-2H3,(H2,14,15,16). The Kier molecular flexibility index (Phi) is 3.97. The number of oxazole rings is 1. The third-order valence-corrected chi connectivity index (χ3v) is 6.27. The van der Waals surface area contributed by atoms with Crippen molar-refractivity contribution in [3.63, 3.8) is 0 Å². The lowest BCUT2D eigenvalue weighted by molar-refractivity contribution is 0.312. The Balaban J connectivity index is 2.48. The average Bonchev–Trinajstić information content (AvgIpc) is 3.00. The van der Waals surface area contributed by atoms with Crippen LogP contribution >= 0.6 is 18.9 Å². The summed E-state index contributed by atoms with van der Waals surface area (Å²) in [5, 5.41) is 0.640. The monoisotopic (exact) mass is 301 g/mol. The lowest BCUT2D eigenvalue weighted by Gasteiger charge is -2.29. The van der Waals surface area contributed by atoms with Crippen LogP contribution in [0.2, 0.25) is 0 Å². The zero-order valence-electron chi connectivity index (χ0n) is 10.7. The predicted octanol–water partition coefficient (Wildman–Crippen LogP) is 3.60. The molecule has 7 heteroatoms. The van der Waals surface area contributed by atoms with Gasteiger partial charge in [0, 0.05) is 0 Å². The van der Waals surface area contributed by atoms with Gasteiger partial charge in [-0.25, -0.2) is 4.98 Å². The molecule has 19 heavy (non-hydrogen) atoms. The van der Waals surface area contributed by atoms with Crippen LogP contribution in [0.5, 0.6) is 0 Å². The molecule has 0 aliphatic carbocycles. The molecule has 2 N–H and O–H groups in total. The SMILES string of the molecule is CCC(CC)(c1coc(-c2cccs2)n1)P(=O)(O)O. The minimum atomic E-state index is -4.31. The molecule has 0 bridgehead atoms. The summed E-state index contributed by atoms with van der Waals surface area (Å²) in [6.07, 6.45) is 1.98. The lowest BCUT2D eigenvalue weighted by atomic mass is 9.99. The summed E-state index contributed by atoms with van der Waals surface area (Å²) in [6, 6.07) is 3.73. The smallest absolute Gasteiger partial charge is 0.337 e. The Hall–Kier alpha value is -0.940. The van der Waals surface area contributed by atoms with Crippen LogP contribution in [0.4, 0.5) is 0 Å². The van der Waals surface area contributed by atoms with Crippen LogP contribution < -0.4 is 0 Å². The predicted molar refractivity (Wildman–Crippen MR) is 74.1 cm³/mol. The van der Waals surface area contributed by atoms with Gasteiger partial charge in [-0.2, -0.15) is 0 Å². The highest BCUT2D eigenvalue weighted by Crippen LogP contribution is 2.60. The van der Waals surface area contributed by atoms with Crippen LogP contribution in [0.3, 0.4) is 0 Å². The normalized spacial score (nSPS) is 12.8. The first kappa shape index (κ1) is 14.5. The summed E-state index contributed by atoms with van der Waals surface area (Å²) >= 11 is 1.47. The van der Waals surface area contributed by atoms with Gasteiger partial charge < -0.3 is 14.2 Å². The van der Waals surface area contributed by atoms with E-state index in [0.29, 0.717) is 24.4 Å². The van der Waals surface area contributed by atoms with Gasteiger partial charge in [0.05, 0.1) is 10.6 Å². The Labute approximate surface area is 115 Å². The van der Waals surface area contributed by atoms with E-state index in [9.17, 15) is 14.4 Å². The van der Waals surface area contributed by atoms with Crippen LogP contribution in [-0.4, -0.2) is 14.8 Å². The average molecular weight is 301 g/mol. The minimum Gasteiger partial charge on any atom is -0.444 e. The molecule has 2 aromatic heterocycles. The quantitative estimate of drug-likeness (QED) is 0.824. The second-order valence-corrected chi connectivity index (χ2v) is 7.19. The summed E-state index contributed by atoms with van der Waals surface area (Å²) < 4.78 is 17.2. The number of hydrogen-bond acceptors (Lipinski definition) is 4. The molecule has 0 aliphatic rings. The van der Waals surface area contributed by atoms with Gasteiger partial charge in [0.25, 0.3) is 0 Å². The second kappa shape index (κ2) is 5.21. The van der Waals surface area contributed by atoms with Crippen LogP contribution in [0.15, 0.2) is 28.2 Å². The van der Waals surface area contributed by atoms with Crippen molar-refractivity contribution in [2.45, 2.75) is 31.8 Å². The van der Waals surface area contributed by atoms with Crippen LogP contribution in [0.1, 0.15) is 32.4 Å². The van der Waals surface area contributed by atoms with Gasteiger partial charge in [0.2, 0.25) is 5.89 Å². The molecular formula is C12H16NO4PS. The van der Waals surface area contributed by atoms with E-state index in [4.69, 9.17) is 4.42 Å². The van der Waals surface area contributed by atoms with Crippen molar-refractivity contribution >= 4 is 18.9 Å². The molecule has 0 amide bonds. The first-order valence-corrected chi connectivity index (χ1v) is 8.49. The zero-order chi connectivity index (χ0) is 14.1. The maximum atomic E-state index is 11.8. The highest BCUT2D eigenvalue weighted by molar-refractivity contribution is 7.53. The molecule has 0 saturated heterocycles. The molecule has 104 valence electrons. The van der Waals surface area contributed by atoms with E-state index in [1.807, 2.05) is 17.5 Å². The fourth-order valence-corrected chi connectivity index (χ4v) is 4.05. The third kappa shape index (κ3) is 2.41. The molecule has 0 atom stereocenters. The van der Waals surface area contributed by atoms with Crippen LogP contribution in [-0.2, 0) is 9.72 Å². The Morgan fingerprint density at radius 1 is 1.42 bits per heavy atom. The van der Waals surface area contributed by atoms with E-state index in [0.717, 1.165) is 4.88 Å². The Morgan fingerprint density at radius 2 is 2.11 bits per heavy atom. The molecule has 0 saturated carbocycles. The van der Waals surface area contributed by atoms with Gasteiger partial charge in [0.1, 0.15) is 11.4 Å². The van der Waals surface area contributed by atoms with Crippen molar-refractivity contribution in [1.29, 1.82) is 0 Å². The summed E-state index contributed by atoms with van der Waals surface area (Å²) in [5.74, 6) is 0.407. The van der Waals surface area contributed by atoms with E-state index >= 15 is 0 Å². The molecule has 2 aromatic rings. The minimum absolute atomic E-state index is 0.310. The molecule has 0 aliphatic heterocycles. The van der Waals surface area contributed by atoms with Gasteiger partial charge in [-0.1, -0.05) is 19.9 Å². The fraction of sp³-hybridized carbons (Fsp3) is 0.417. The van der Waals surface area contributed by atoms with E-state index in [2.05, 4.69) is 4.98 Å². The van der Waals surface area contributed by atoms with Crippen molar-refractivity contribution in [1.82, 2.24) is 4.98 Å². The van der Waals surface area contributed by atoms with Gasteiger partial charge in [-0.3, -0.25) is 4.57 Å². The van der Waals surface area contributed by atoms with E-state index < -0.39 is 12.8 Å². The Bertz CT molecular complexity index is 583. The van der Waals surface area contributed by atoms with Crippen molar-refractivity contribution < 1.29 is 18.8 Å². The highest BCUT2D eigenvalue weighted by atomic mass is 32.1. The first-order chi connectivity index (χ1) is 8.94. The first-order valence-electron chi connectivity index (χ1n) is 6.00. The molecular weight excluding hydrogens is 285 g/mol. The van der Waals surface area contributed by atoms with Crippen LogP contribution in [0.25, 0.3) is 10.8 Å². The van der Waals surface area contributed by atoms with Gasteiger partial charge in [-0.05, 0) is 24.3 Å². The largest absolute Gasteiger partial charge is 0.444 e. The van der Waals surface area contributed by atoms with Gasteiger partial charge in [-0.15, -0.1) is 11.3 Å². The lowest BCUT2D eigenvalue weighted by Crippen LogP contribution is -2.25. The molecule has 0 aromatic carbocycles. The fourth-order valence-electron chi connectivity index (χ4n) is 2.17. The van der Waals surface area contributed by atoms with E-state index in [1.54, 1.807) is 13.8 Å². The van der Waals surface area contributed by atoms with Crippen LogP contribution in [0, 0.1) is 0 Å². The van der Waals surface area contributed by atoms with Gasteiger partial charge >= 0.3 is 7.60 Å².